The fraction of sp³-hybridized carbons (Fsp3) is 0.722. The first-order chi connectivity index (χ1) is 13.1. The molecule has 2 heterocycles. The Labute approximate surface area is 168 Å². The molecular formula is C18H27ClFN3O5. The van der Waals surface area contributed by atoms with Crippen LogP contribution in [0, 0.1) is 11.8 Å². The molecule has 2 aliphatic heterocycles. The van der Waals surface area contributed by atoms with Crippen LogP contribution in [0.2, 0.25) is 0 Å². The maximum absolute atomic E-state index is 15.4. The molecule has 0 radical (unpaired) electrons. The molecule has 0 amide bonds. The van der Waals surface area contributed by atoms with Gasteiger partial charge in [-0.15, -0.1) is 11.6 Å². The Morgan fingerprint density at radius 2 is 2.04 bits per heavy atom. The van der Waals surface area contributed by atoms with Crippen molar-refractivity contribution in [3.8, 4) is 0 Å². The van der Waals surface area contributed by atoms with Gasteiger partial charge in [-0.2, -0.15) is 0 Å². The molecule has 8 nitrogen and oxygen atoms in total. The van der Waals surface area contributed by atoms with Gasteiger partial charge in [0.25, 0.3) is 0 Å². The summed E-state index contributed by atoms with van der Waals surface area (Å²) in [7, 11) is 0. The lowest BCUT2D eigenvalue weighted by molar-refractivity contribution is -0.178. The first-order valence-corrected chi connectivity index (χ1v) is 9.63. The summed E-state index contributed by atoms with van der Waals surface area (Å²) in [6, 6.07) is 0. The highest BCUT2D eigenvalue weighted by Gasteiger charge is 2.60. The van der Waals surface area contributed by atoms with E-state index in [1.165, 1.54) is 11.0 Å². The first-order valence-electron chi connectivity index (χ1n) is 9.10. The zero-order valence-corrected chi connectivity index (χ0v) is 17.2. The average molecular weight is 420 g/mol. The van der Waals surface area contributed by atoms with E-state index >= 15 is 4.39 Å². The van der Waals surface area contributed by atoms with E-state index in [-0.39, 0.29) is 25.1 Å². The largest absolute Gasteiger partial charge is 0.462 e. The minimum absolute atomic E-state index is 0.0718. The predicted molar refractivity (Wildman–Crippen MR) is 101 cm³/mol. The topological polar surface area (TPSA) is 103 Å². The van der Waals surface area contributed by atoms with Crippen LogP contribution in [0.1, 0.15) is 27.7 Å². The van der Waals surface area contributed by atoms with E-state index in [1.807, 2.05) is 0 Å². The lowest BCUT2D eigenvalue weighted by Crippen LogP contribution is -2.51. The van der Waals surface area contributed by atoms with E-state index in [1.54, 1.807) is 33.9 Å². The van der Waals surface area contributed by atoms with Crippen molar-refractivity contribution in [3.63, 3.8) is 0 Å². The minimum Gasteiger partial charge on any atom is -0.462 e. The summed E-state index contributed by atoms with van der Waals surface area (Å²) in [5.74, 6) is -1.88. The summed E-state index contributed by atoms with van der Waals surface area (Å²) in [4.78, 5) is 29.6. The summed E-state index contributed by atoms with van der Waals surface area (Å²) >= 11 is 6.12. The monoisotopic (exact) mass is 419 g/mol. The second-order valence-corrected chi connectivity index (χ2v) is 7.75. The number of halogens is 2. The zero-order chi connectivity index (χ0) is 21.1. The molecule has 0 spiro atoms. The van der Waals surface area contributed by atoms with Crippen LogP contribution in [0.3, 0.4) is 0 Å². The van der Waals surface area contributed by atoms with Gasteiger partial charge >= 0.3 is 11.9 Å². The minimum atomic E-state index is -1.74. The standard InChI is InChI=1S/C18H27ClFN3O5/c1-10(2)16(24)26-8-18(7-19)14(27-17(25)11(3)4)13(20)15(28-18)23-6-5-12(21)22-9-23/h5-6,10-11,13-15H,7-9H2,1-4H3,(H2,21,22)/t13-,14+,15-,18-/m1/s1. The molecule has 0 aromatic heterocycles. The Bertz CT molecular complexity index is 657. The van der Waals surface area contributed by atoms with Crippen LogP contribution in [0.5, 0.6) is 0 Å². The molecule has 0 aromatic rings. The third-order valence-electron chi connectivity index (χ3n) is 4.49. The van der Waals surface area contributed by atoms with Gasteiger partial charge in [0.05, 0.1) is 17.7 Å². The number of hydrogen-bond donors (Lipinski definition) is 1. The van der Waals surface area contributed by atoms with Gasteiger partial charge in [-0.3, -0.25) is 9.59 Å². The molecule has 2 aliphatic rings. The molecule has 0 bridgehead atoms. The van der Waals surface area contributed by atoms with Crippen LogP contribution in [0.15, 0.2) is 17.3 Å². The summed E-state index contributed by atoms with van der Waals surface area (Å²) < 4.78 is 31.9. The lowest BCUT2D eigenvalue weighted by atomic mass is 9.98. The molecule has 0 aliphatic carbocycles. The molecule has 28 heavy (non-hydrogen) atoms. The van der Waals surface area contributed by atoms with Gasteiger partial charge in [0.1, 0.15) is 19.1 Å². The van der Waals surface area contributed by atoms with E-state index < -0.39 is 42.0 Å². The smallest absolute Gasteiger partial charge is 0.308 e. The lowest BCUT2D eigenvalue weighted by Gasteiger charge is -2.32. The van der Waals surface area contributed by atoms with Crippen LogP contribution < -0.4 is 5.73 Å². The Kier molecular flexibility index (Phi) is 7.28. The number of aliphatic imine (C=N–C) groups is 1. The van der Waals surface area contributed by atoms with Crippen LogP contribution in [0.25, 0.3) is 0 Å². The first kappa shape index (κ1) is 22.4. The Hall–Kier alpha value is -1.87. The van der Waals surface area contributed by atoms with Crippen LogP contribution in [-0.2, 0) is 23.8 Å². The molecule has 10 heteroatoms. The molecule has 1 saturated heterocycles. The Balaban J connectivity index is 2.27. The van der Waals surface area contributed by atoms with Crippen molar-refractivity contribution in [2.24, 2.45) is 22.6 Å². The van der Waals surface area contributed by atoms with Gasteiger partial charge in [0.15, 0.2) is 24.1 Å². The van der Waals surface area contributed by atoms with E-state index in [0.29, 0.717) is 5.84 Å². The van der Waals surface area contributed by atoms with E-state index in [9.17, 15) is 9.59 Å². The summed E-state index contributed by atoms with van der Waals surface area (Å²) in [5.41, 5.74) is 4.07. The van der Waals surface area contributed by atoms with Gasteiger partial charge in [-0.25, -0.2) is 9.38 Å². The Morgan fingerprint density at radius 1 is 1.39 bits per heavy atom. The number of nitrogens with zero attached hydrogens (tertiary/aromatic N) is 2. The zero-order valence-electron chi connectivity index (χ0n) is 16.4. The number of alkyl halides is 2. The van der Waals surface area contributed by atoms with E-state index in [4.69, 9.17) is 31.5 Å². The quantitative estimate of drug-likeness (QED) is 0.493. The fourth-order valence-corrected chi connectivity index (χ4v) is 3.01. The SMILES string of the molecule is CC(C)C(=O)OC[C@@]1(CCl)O[C@@H](N2C=CC(N)=NC2)[C@H](F)[C@@H]1OC(=O)C(C)C. The normalized spacial score (nSPS) is 29.9. The molecule has 1 fully saturated rings. The van der Waals surface area contributed by atoms with Gasteiger partial charge in [0.2, 0.25) is 0 Å². The van der Waals surface area contributed by atoms with Crippen LogP contribution >= 0.6 is 11.6 Å². The summed E-state index contributed by atoms with van der Waals surface area (Å²) in [6.45, 7) is 6.34. The van der Waals surface area contributed by atoms with Crippen molar-refractivity contribution in [2.75, 3.05) is 19.2 Å². The highest BCUT2D eigenvalue weighted by Crippen LogP contribution is 2.39. The highest BCUT2D eigenvalue weighted by molar-refractivity contribution is 6.18. The number of carbonyl (C=O) groups excluding carboxylic acids is 2. The number of nitrogens with two attached hydrogens (primary N) is 1. The van der Waals surface area contributed by atoms with E-state index in [2.05, 4.69) is 4.99 Å². The van der Waals surface area contributed by atoms with Gasteiger partial charge < -0.3 is 24.8 Å². The molecule has 2 N–H and O–H groups in total. The molecule has 158 valence electrons. The molecule has 0 aromatic carbocycles. The third kappa shape index (κ3) is 4.75. The number of esters is 2. The number of rotatable bonds is 7. The highest BCUT2D eigenvalue weighted by atomic mass is 35.5. The molecular weight excluding hydrogens is 393 g/mol. The number of amidine groups is 1. The van der Waals surface area contributed by atoms with Crippen molar-refractivity contribution < 1.29 is 28.2 Å². The van der Waals surface area contributed by atoms with Crippen molar-refractivity contribution in [3.05, 3.63) is 12.3 Å². The maximum Gasteiger partial charge on any atom is 0.308 e. The van der Waals surface area contributed by atoms with Crippen LogP contribution in [-0.4, -0.2) is 65.9 Å². The van der Waals surface area contributed by atoms with Crippen molar-refractivity contribution >= 4 is 29.4 Å². The van der Waals surface area contributed by atoms with Crippen molar-refractivity contribution in [2.45, 2.75) is 51.8 Å². The third-order valence-corrected chi connectivity index (χ3v) is 4.94. The second kappa shape index (κ2) is 9.09. The fourth-order valence-electron chi connectivity index (χ4n) is 2.72. The van der Waals surface area contributed by atoms with Crippen molar-refractivity contribution in [1.29, 1.82) is 0 Å². The molecule has 0 saturated carbocycles. The number of ether oxygens (including phenoxy) is 3. The number of hydrogen-bond acceptors (Lipinski definition) is 8. The van der Waals surface area contributed by atoms with Gasteiger partial charge in [-0.05, 0) is 6.08 Å². The average Bonchev–Trinajstić information content (AvgIpc) is 2.93. The predicted octanol–water partition coefficient (Wildman–Crippen LogP) is 1.57. The molecule has 2 rings (SSSR count). The van der Waals surface area contributed by atoms with Crippen LogP contribution in [0.4, 0.5) is 4.39 Å². The summed E-state index contributed by atoms with van der Waals surface area (Å²) in [5, 5.41) is 0. The maximum atomic E-state index is 15.4. The van der Waals surface area contributed by atoms with Crippen molar-refractivity contribution in [1.82, 2.24) is 4.90 Å². The van der Waals surface area contributed by atoms with E-state index in [0.717, 1.165) is 0 Å². The second-order valence-electron chi connectivity index (χ2n) is 7.48. The summed E-state index contributed by atoms with van der Waals surface area (Å²) in [6.07, 6.45) is -1.16. The number of carbonyl (C=O) groups is 2. The molecule has 4 atom stereocenters. The molecule has 0 unspecified atom stereocenters. The van der Waals surface area contributed by atoms with Gasteiger partial charge in [0, 0.05) is 6.20 Å². The Morgan fingerprint density at radius 3 is 2.54 bits per heavy atom. The van der Waals surface area contributed by atoms with Gasteiger partial charge in [-0.1, -0.05) is 27.7 Å².